The Kier molecular flexibility index (Phi) is 5.37. The van der Waals surface area contributed by atoms with Gasteiger partial charge in [0, 0.05) is 5.56 Å². The summed E-state index contributed by atoms with van der Waals surface area (Å²) in [5, 5.41) is 1.25. The lowest BCUT2D eigenvalue weighted by Gasteiger charge is -2.13. The molecule has 1 N–H and O–H groups in total. The van der Waals surface area contributed by atoms with E-state index in [4.69, 9.17) is 4.74 Å². The summed E-state index contributed by atoms with van der Waals surface area (Å²) in [6.45, 7) is 0. The Morgan fingerprint density at radius 2 is 1.97 bits per heavy atom. The van der Waals surface area contributed by atoms with Crippen molar-refractivity contribution in [3.63, 3.8) is 0 Å². The molecule has 4 aromatic rings. The van der Waals surface area contributed by atoms with Gasteiger partial charge >= 0.3 is 5.97 Å². The molecule has 0 radical (unpaired) electrons. The van der Waals surface area contributed by atoms with E-state index in [0.717, 1.165) is 9.01 Å². The van der Waals surface area contributed by atoms with Crippen LogP contribution in [0, 0.1) is 5.82 Å². The fraction of sp³-hybridized carbons (Fsp3) is 0.0556. The summed E-state index contributed by atoms with van der Waals surface area (Å²) in [6, 6.07) is 10.7. The predicted octanol–water partition coefficient (Wildman–Crippen LogP) is 4.62. The van der Waals surface area contributed by atoms with E-state index in [-0.39, 0.29) is 10.9 Å². The van der Waals surface area contributed by atoms with Crippen molar-refractivity contribution >= 4 is 60.3 Å². The zero-order valence-electron chi connectivity index (χ0n) is 14.7. The second-order valence-electron chi connectivity index (χ2n) is 5.71. The van der Waals surface area contributed by atoms with Crippen LogP contribution in [0.5, 0.6) is 0 Å². The van der Waals surface area contributed by atoms with Gasteiger partial charge in [0.15, 0.2) is 0 Å². The summed E-state index contributed by atoms with van der Waals surface area (Å²) in [7, 11) is 1.29. The van der Waals surface area contributed by atoms with Crippen molar-refractivity contribution in [1.29, 1.82) is 0 Å². The molecule has 7 nitrogen and oxygen atoms in total. The van der Waals surface area contributed by atoms with Gasteiger partial charge in [-0.1, -0.05) is 22.7 Å². The summed E-state index contributed by atoms with van der Waals surface area (Å²) in [5.41, 5.74) is 1.54. The van der Waals surface area contributed by atoms with Crippen LogP contribution >= 0.6 is 22.7 Å². The fourth-order valence-corrected chi connectivity index (χ4v) is 5.31. The first-order chi connectivity index (χ1) is 14.0. The number of esters is 1. The predicted molar refractivity (Wildman–Crippen MR) is 111 cm³/mol. The van der Waals surface area contributed by atoms with E-state index >= 15 is 0 Å². The SMILES string of the molecule is COC(=O)c1ccc2sc(N(c3cnc(-c4ccc(F)cc4)s3)S(=O)O)nc2c1. The van der Waals surface area contributed by atoms with E-state index in [2.05, 4.69) is 9.97 Å². The molecule has 0 spiro atoms. The molecule has 0 amide bonds. The lowest BCUT2D eigenvalue weighted by molar-refractivity contribution is 0.0601. The summed E-state index contributed by atoms with van der Waals surface area (Å²) >= 11 is -0.0153. The zero-order valence-corrected chi connectivity index (χ0v) is 17.2. The summed E-state index contributed by atoms with van der Waals surface area (Å²) in [6.07, 6.45) is 1.46. The molecule has 0 aliphatic carbocycles. The van der Waals surface area contributed by atoms with Crippen molar-refractivity contribution in [2.24, 2.45) is 0 Å². The lowest BCUT2D eigenvalue weighted by Crippen LogP contribution is -2.17. The van der Waals surface area contributed by atoms with Gasteiger partial charge in [0.2, 0.25) is 5.13 Å². The number of hydrogen-bond acceptors (Lipinski definition) is 7. The Labute approximate surface area is 174 Å². The van der Waals surface area contributed by atoms with E-state index < -0.39 is 17.2 Å². The topological polar surface area (TPSA) is 92.6 Å². The van der Waals surface area contributed by atoms with Crippen LogP contribution in [0.25, 0.3) is 20.8 Å². The Morgan fingerprint density at radius 3 is 2.66 bits per heavy atom. The largest absolute Gasteiger partial charge is 0.465 e. The maximum absolute atomic E-state index is 13.1. The first kappa shape index (κ1) is 19.6. The maximum atomic E-state index is 13.1. The van der Waals surface area contributed by atoms with Gasteiger partial charge in [-0.25, -0.2) is 23.4 Å². The monoisotopic (exact) mass is 449 g/mol. The van der Waals surface area contributed by atoms with E-state index in [1.807, 2.05) is 0 Å². The Balaban J connectivity index is 1.72. The molecule has 1 atom stereocenters. The van der Waals surface area contributed by atoms with Gasteiger partial charge < -0.3 is 4.74 Å². The number of nitrogens with zero attached hydrogens (tertiary/aromatic N) is 3. The van der Waals surface area contributed by atoms with Crippen molar-refractivity contribution < 1.29 is 22.7 Å². The smallest absolute Gasteiger partial charge is 0.337 e. The molecule has 2 heterocycles. The highest BCUT2D eigenvalue weighted by atomic mass is 32.2. The van der Waals surface area contributed by atoms with E-state index in [1.54, 1.807) is 30.3 Å². The Hall–Kier alpha value is -2.73. The number of halogens is 1. The number of methoxy groups -OCH3 is 1. The second-order valence-corrected chi connectivity index (χ2v) is 8.55. The number of thiazole rings is 2. The summed E-state index contributed by atoms with van der Waals surface area (Å²) in [5.74, 6) is -0.847. The van der Waals surface area contributed by atoms with Gasteiger partial charge in [-0.2, -0.15) is 4.31 Å². The van der Waals surface area contributed by atoms with Crippen LogP contribution < -0.4 is 4.31 Å². The van der Waals surface area contributed by atoms with Crippen molar-refractivity contribution in [3.8, 4) is 10.6 Å². The number of benzene rings is 2. The molecular weight excluding hydrogens is 437 g/mol. The van der Waals surface area contributed by atoms with Crippen LogP contribution in [-0.4, -0.2) is 31.8 Å². The molecule has 4 rings (SSSR count). The van der Waals surface area contributed by atoms with Gasteiger partial charge in [0.05, 0.1) is 29.1 Å². The zero-order chi connectivity index (χ0) is 20.5. The van der Waals surface area contributed by atoms with Crippen molar-refractivity contribution in [2.45, 2.75) is 0 Å². The third-order valence-corrected chi connectivity index (χ3v) is 6.88. The third-order valence-electron chi connectivity index (χ3n) is 3.91. The van der Waals surface area contributed by atoms with Crippen LogP contribution in [0.1, 0.15) is 10.4 Å². The summed E-state index contributed by atoms with van der Waals surface area (Å²) < 4.78 is 41.6. The number of anilines is 2. The number of carbonyl (C=O) groups is 1. The molecule has 2 aromatic heterocycles. The fourth-order valence-electron chi connectivity index (χ4n) is 2.57. The molecule has 2 aromatic carbocycles. The van der Waals surface area contributed by atoms with Gasteiger partial charge in [-0.15, -0.1) is 0 Å². The molecule has 0 saturated carbocycles. The lowest BCUT2D eigenvalue weighted by atomic mass is 10.2. The molecule has 1 unspecified atom stereocenters. The van der Waals surface area contributed by atoms with Gasteiger partial charge in [-0.05, 0) is 42.5 Å². The molecule has 0 bridgehead atoms. The summed E-state index contributed by atoms with van der Waals surface area (Å²) in [4.78, 5) is 20.4. The van der Waals surface area contributed by atoms with Gasteiger partial charge in [-0.3, -0.25) is 4.55 Å². The van der Waals surface area contributed by atoms with Crippen LogP contribution in [0.3, 0.4) is 0 Å². The average molecular weight is 450 g/mol. The highest BCUT2D eigenvalue weighted by Crippen LogP contribution is 2.39. The minimum Gasteiger partial charge on any atom is -0.465 e. The highest BCUT2D eigenvalue weighted by molar-refractivity contribution is 7.81. The highest BCUT2D eigenvalue weighted by Gasteiger charge is 2.23. The Morgan fingerprint density at radius 1 is 1.21 bits per heavy atom. The number of rotatable bonds is 5. The van der Waals surface area contributed by atoms with Crippen molar-refractivity contribution in [2.75, 3.05) is 11.4 Å². The first-order valence-corrected chi connectivity index (χ1v) is 10.8. The number of hydrogen-bond donors (Lipinski definition) is 1. The molecule has 0 aliphatic heterocycles. The minimum atomic E-state index is -2.39. The van der Waals surface area contributed by atoms with E-state index in [9.17, 15) is 17.9 Å². The standard InChI is InChI=1S/C18H12FN3O4S3/c1-26-17(23)11-4-7-14-13(8-11)21-18(27-14)22(29(24)25)15-9-20-16(28-15)10-2-5-12(19)6-3-10/h2-9H,1H3,(H,24,25). The molecule has 11 heteroatoms. The normalized spacial score (nSPS) is 12.1. The van der Waals surface area contributed by atoms with Crippen molar-refractivity contribution in [1.82, 2.24) is 9.97 Å². The molecular formula is C18H12FN3O4S3. The number of fused-ring (bicyclic) bond motifs is 1. The quantitative estimate of drug-likeness (QED) is 0.353. The molecule has 148 valence electrons. The van der Waals surface area contributed by atoms with Gasteiger partial charge in [0.1, 0.15) is 15.8 Å². The maximum Gasteiger partial charge on any atom is 0.337 e. The van der Waals surface area contributed by atoms with Crippen LogP contribution in [0.2, 0.25) is 0 Å². The molecule has 0 saturated heterocycles. The van der Waals surface area contributed by atoms with Crippen LogP contribution in [0.15, 0.2) is 48.7 Å². The number of carbonyl (C=O) groups excluding carboxylic acids is 1. The third kappa shape index (κ3) is 3.90. The second kappa shape index (κ2) is 7.95. The van der Waals surface area contributed by atoms with Gasteiger partial charge in [0.25, 0.3) is 11.3 Å². The molecule has 0 aliphatic rings. The first-order valence-electron chi connectivity index (χ1n) is 8.08. The number of ether oxygens (including phenoxy) is 1. The Bertz CT molecular complexity index is 1220. The van der Waals surface area contributed by atoms with Crippen LogP contribution in [-0.2, 0) is 16.0 Å². The molecule has 29 heavy (non-hydrogen) atoms. The average Bonchev–Trinajstić information content (AvgIpc) is 3.34. The van der Waals surface area contributed by atoms with E-state index in [0.29, 0.717) is 26.7 Å². The number of aromatic nitrogens is 2. The van der Waals surface area contributed by atoms with Crippen LogP contribution in [0.4, 0.5) is 14.5 Å². The minimum absolute atomic E-state index is 0.275. The van der Waals surface area contributed by atoms with E-state index in [1.165, 1.54) is 48.1 Å². The molecule has 0 fully saturated rings. The van der Waals surface area contributed by atoms with Crippen molar-refractivity contribution in [3.05, 3.63) is 60.0 Å².